The summed E-state index contributed by atoms with van der Waals surface area (Å²) in [6.07, 6.45) is 52.7. The van der Waals surface area contributed by atoms with Crippen LogP contribution < -0.4 is 0 Å². The Kier molecular flexibility index (Phi) is 41.4. The number of carbonyl (C=O) groups is 2. The highest BCUT2D eigenvalue weighted by Crippen LogP contribution is 2.43. The van der Waals surface area contributed by atoms with Crippen LogP contribution in [0.3, 0.4) is 0 Å². The van der Waals surface area contributed by atoms with Crippen molar-refractivity contribution in [1.29, 1.82) is 0 Å². The van der Waals surface area contributed by atoms with E-state index in [0.717, 1.165) is 77.0 Å². The lowest BCUT2D eigenvalue weighted by molar-refractivity contribution is -0.870. The number of quaternary nitrogens is 1. The molecule has 354 valence electrons. The Bertz CT molecular complexity index is 1220. The van der Waals surface area contributed by atoms with Gasteiger partial charge >= 0.3 is 19.8 Å². The van der Waals surface area contributed by atoms with Gasteiger partial charge in [0, 0.05) is 12.8 Å². The fourth-order valence-corrected chi connectivity index (χ4v) is 7.25. The van der Waals surface area contributed by atoms with Crippen molar-refractivity contribution in [2.24, 2.45) is 0 Å². The van der Waals surface area contributed by atoms with Gasteiger partial charge in [-0.15, -0.1) is 0 Å². The summed E-state index contributed by atoms with van der Waals surface area (Å²) < 4.78 is 34.4. The molecule has 2 atom stereocenters. The van der Waals surface area contributed by atoms with Crippen molar-refractivity contribution >= 4 is 19.8 Å². The number of nitrogens with zero attached hydrogens (tertiary/aromatic N) is 1. The predicted octanol–water partition coefficient (Wildman–Crippen LogP) is 14.4. The fourth-order valence-electron chi connectivity index (χ4n) is 6.51. The molecule has 0 saturated carbocycles. The Labute approximate surface area is 375 Å². The number of unbranched alkanes of at least 4 members (excludes halogenated alkanes) is 20. The lowest BCUT2D eigenvalue weighted by Crippen LogP contribution is -2.37. The topological polar surface area (TPSA) is 108 Å². The highest BCUT2D eigenvalue weighted by Gasteiger charge is 2.27. The van der Waals surface area contributed by atoms with Gasteiger partial charge in [-0.25, -0.2) is 4.57 Å². The number of likely N-dealkylation sites (N-methyl/N-ethyl adjacent to an activating group) is 1. The van der Waals surface area contributed by atoms with E-state index in [-0.39, 0.29) is 32.0 Å². The molecular weight excluding hydrogens is 786 g/mol. The van der Waals surface area contributed by atoms with E-state index in [4.69, 9.17) is 18.5 Å². The molecule has 0 bridgehead atoms. The average Bonchev–Trinajstić information content (AvgIpc) is 3.21. The molecule has 61 heavy (non-hydrogen) atoms. The van der Waals surface area contributed by atoms with Crippen LogP contribution >= 0.6 is 7.82 Å². The van der Waals surface area contributed by atoms with Gasteiger partial charge in [0.05, 0.1) is 27.7 Å². The Morgan fingerprint density at radius 3 is 1.39 bits per heavy atom. The Balaban J connectivity index is 4.24. The van der Waals surface area contributed by atoms with E-state index < -0.39 is 26.5 Å². The van der Waals surface area contributed by atoms with Crippen molar-refractivity contribution in [3.05, 3.63) is 60.8 Å². The maximum absolute atomic E-state index is 12.7. The number of phosphoric ester groups is 1. The number of hydrogen-bond donors (Lipinski definition) is 1. The molecule has 0 saturated heterocycles. The largest absolute Gasteiger partial charge is 0.472 e. The fraction of sp³-hybridized carbons (Fsp3) is 0.765. The van der Waals surface area contributed by atoms with Crippen molar-refractivity contribution < 1.29 is 42.1 Å². The van der Waals surface area contributed by atoms with Gasteiger partial charge < -0.3 is 18.9 Å². The van der Waals surface area contributed by atoms with E-state index in [0.29, 0.717) is 17.4 Å². The first-order valence-electron chi connectivity index (χ1n) is 24.5. The zero-order valence-corrected chi connectivity index (χ0v) is 40.8. The van der Waals surface area contributed by atoms with Crippen LogP contribution in [0.25, 0.3) is 0 Å². The summed E-state index contributed by atoms with van der Waals surface area (Å²) in [5.74, 6) is -0.804. The van der Waals surface area contributed by atoms with Crippen LogP contribution in [0.1, 0.15) is 200 Å². The molecule has 0 aliphatic heterocycles. The van der Waals surface area contributed by atoms with Crippen molar-refractivity contribution in [2.45, 2.75) is 206 Å². The first-order chi connectivity index (χ1) is 29.5. The van der Waals surface area contributed by atoms with Crippen LogP contribution in [0.2, 0.25) is 0 Å². The number of rotatable bonds is 44. The van der Waals surface area contributed by atoms with Gasteiger partial charge in [-0.1, -0.05) is 190 Å². The summed E-state index contributed by atoms with van der Waals surface area (Å²) in [5, 5.41) is 0. The number of phosphoric acid groups is 1. The van der Waals surface area contributed by atoms with Crippen molar-refractivity contribution in [2.75, 3.05) is 47.5 Å². The van der Waals surface area contributed by atoms with E-state index in [1.165, 1.54) is 89.9 Å². The third kappa shape index (κ3) is 47.0. The van der Waals surface area contributed by atoms with Crippen LogP contribution in [0.5, 0.6) is 0 Å². The predicted molar refractivity (Wildman–Crippen MR) is 256 cm³/mol. The average molecular weight is 879 g/mol. The van der Waals surface area contributed by atoms with Crippen LogP contribution in [-0.2, 0) is 32.7 Å². The number of carbonyl (C=O) groups excluding carboxylic acids is 2. The molecule has 0 aliphatic rings. The minimum absolute atomic E-state index is 0.0293. The molecule has 0 spiro atoms. The second-order valence-electron chi connectivity index (χ2n) is 17.5. The molecule has 1 N–H and O–H groups in total. The van der Waals surface area contributed by atoms with Crippen molar-refractivity contribution in [3.8, 4) is 0 Å². The maximum Gasteiger partial charge on any atom is 0.472 e. The first-order valence-corrected chi connectivity index (χ1v) is 26.0. The third-order valence-electron chi connectivity index (χ3n) is 10.3. The Hall–Kier alpha value is -2.29. The maximum atomic E-state index is 12.7. The lowest BCUT2D eigenvalue weighted by atomic mass is 10.0. The zero-order chi connectivity index (χ0) is 45.0. The summed E-state index contributed by atoms with van der Waals surface area (Å²) in [7, 11) is 1.47. The quantitative estimate of drug-likeness (QED) is 0.0212. The molecule has 0 rings (SSSR count). The normalized spacial score (nSPS) is 14.0. The zero-order valence-electron chi connectivity index (χ0n) is 39.9. The van der Waals surface area contributed by atoms with Crippen LogP contribution in [0.15, 0.2) is 60.8 Å². The van der Waals surface area contributed by atoms with Gasteiger partial charge in [0.25, 0.3) is 0 Å². The van der Waals surface area contributed by atoms with Gasteiger partial charge in [0.2, 0.25) is 0 Å². The van der Waals surface area contributed by atoms with E-state index >= 15 is 0 Å². The van der Waals surface area contributed by atoms with Crippen LogP contribution in [0, 0.1) is 0 Å². The summed E-state index contributed by atoms with van der Waals surface area (Å²) >= 11 is 0. The number of ether oxygens (including phenoxy) is 2. The second-order valence-corrected chi connectivity index (χ2v) is 18.9. The highest BCUT2D eigenvalue weighted by molar-refractivity contribution is 7.47. The molecular formula is C51H93NO8P+. The van der Waals surface area contributed by atoms with Gasteiger partial charge in [-0.2, -0.15) is 0 Å². The second kappa shape index (κ2) is 43.0. The minimum atomic E-state index is -4.38. The van der Waals surface area contributed by atoms with E-state index in [1.807, 2.05) is 21.1 Å². The molecule has 0 aliphatic carbocycles. The smallest absolute Gasteiger partial charge is 0.462 e. The van der Waals surface area contributed by atoms with Crippen LogP contribution in [-0.4, -0.2) is 74.9 Å². The molecule has 10 heteroatoms. The summed E-state index contributed by atoms with van der Waals surface area (Å²) in [4.78, 5) is 35.4. The Morgan fingerprint density at radius 2 is 0.934 bits per heavy atom. The Morgan fingerprint density at radius 1 is 0.525 bits per heavy atom. The molecule has 0 aromatic heterocycles. The van der Waals surface area contributed by atoms with Gasteiger partial charge in [0.1, 0.15) is 19.8 Å². The highest BCUT2D eigenvalue weighted by atomic mass is 31.2. The number of allylic oxidation sites excluding steroid dienone is 10. The molecule has 2 unspecified atom stereocenters. The van der Waals surface area contributed by atoms with Gasteiger partial charge in [0.15, 0.2) is 6.10 Å². The molecule has 9 nitrogen and oxygen atoms in total. The molecule has 0 aromatic rings. The third-order valence-corrected chi connectivity index (χ3v) is 11.3. The first kappa shape index (κ1) is 58.7. The van der Waals surface area contributed by atoms with E-state index in [2.05, 4.69) is 74.6 Å². The summed E-state index contributed by atoms with van der Waals surface area (Å²) in [5.41, 5.74) is 0. The molecule has 0 heterocycles. The molecule has 0 aromatic carbocycles. The summed E-state index contributed by atoms with van der Waals surface area (Å²) in [6, 6.07) is 0. The van der Waals surface area contributed by atoms with Crippen molar-refractivity contribution in [3.63, 3.8) is 0 Å². The number of esters is 2. The molecule has 0 amide bonds. The summed E-state index contributed by atoms with van der Waals surface area (Å²) in [6.45, 7) is 4.30. The monoisotopic (exact) mass is 879 g/mol. The van der Waals surface area contributed by atoms with Crippen LogP contribution in [0.4, 0.5) is 0 Å². The van der Waals surface area contributed by atoms with E-state index in [1.54, 1.807) is 0 Å². The standard InChI is InChI=1S/C51H92NO8P/c1-6-8-10-12-14-16-18-20-21-22-23-24-25-26-27-28-29-30-31-32-34-36-38-40-42-44-51(54)60-49(48-59-61(55,56)58-46-45-52(3,4)5)47-57-50(53)43-41-39-37-35-33-19-17-15-13-11-9-7-2/h8,10,14,16,20-21,23-24,26-27,49H,6-7,9,11-13,15,17-19,22,25,28-48H2,1-5H3/p+1/b10-8-,16-14-,21-20-,24-23-,27-26-. The molecule has 0 fully saturated rings. The number of hydrogen-bond acceptors (Lipinski definition) is 7. The minimum Gasteiger partial charge on any atom is -0.462 e. The van der Waals surface area contributed by atoms with E-state index in [9.17, 15) is 19.0 Å². The molecule has 0 radical (unpaired) electrons. The van der Waals surface area contributed by atoms with Gasteiger partial charge in [-0.3, -0.25) is 18.6 Å². The SMILES string of the molecule is CC/C=C\C/C=C\C/C=C\C/C=C\C/C=C\CCCCCCCCCCCC(=O)OC(COC(=O)CCCCCCCCCCCCCC)COP(=O)(O)OCC[N+](C)(C)C. The lowest BCUT2D eigenvalue weighted by Gasteiger charge is -2.24. The van der Waals surface area contributed by atoms with Crippen molar-refractivity contribution in [1.82, 2.24) is 0 Å². The van der Waals surface area contributed by atoms with Gasteiger partial charge in [-0.05, 0) is 57.8 Å².